The van der Waals surface area contributed by atoms with Crippen LogP contribution in [0.5, 0.6) is 0 Å². The molecule has 0 saturated carbocycles. The second kappa shape index (κ2) is 4.04. The number of aliphatic hydroxyl groups excluding tert-OH is 1. The van der Waals surface area contributed by atoms with E-state index < -0.39 is 6.61 Å². The van der Waals surface area contributed by atoms with Crippen LogP contribution in [-0.2, 0) is 18.4 Å². The van der Waals surface area contributed by atoms with Crippen molar-refractivity contribution in [2.75, 3.05) is 6.61 Å². The Morgan fingerprint density at radius 1 is 1.77 bits per heavy atom. The molecule has 1 rings (SSSR count). The highest BCUT2D eigenvalue weighted by Gasteiger charge is 2.03. The van der Waals surface area contributed by atoms with Gasteiger partial charge in [-0.05, 0) is 13.0 Å². The number of carbonyl (C=O) groups is 1. The zero-order chi connectivity index (χ0) is 9.84. The Hall–Kier alpha value is -1.36. The molecule has 1 amide bonds. The second-order valence-electron chi connectivity index (χ2n) is 2.84. The standard InChI is InChI=1S/C8H13N3O2/c1-6-3-7(11(2)10-6)4-9-8(13)5-12/h3,12H,4-5H2,1-2H3,(H,9,13). The molecule has 1 heterocycles. The molecule has 5 heteroatoms. The molecule has 0 radical (unpaired) electrons. The van der Waals surface area contributed by atoms with Crippen LogP contribution in [0.1, 0.15) is 11.4 Å². The Morgan fingerprint density at radius 3 is 2.92 bits per heavy atom. The summed E-state index contributed by atoms with van der Waals surface area (Å²) in [6, 6.07) is 1.89. The highest BCUT2D eigenvalue weighted by Crippen LogP contribution is 2.00. The topological polar surface area (TPSA) is 67.2 Å². The number of nitrogens with zero attached hydrogens (tertiary/aromatic N) is 2. The molecule has 0 atom stereocenters. The number of hydrogen-bond donors (Lipinski definition) is 2. The molecule has 0 aliphatic heterocycles. The van der Waals surface area contributed by atoms with Gasteiger partial charge in [-0.25, -0.2) is 0 Å². The maximum atomic E-state index is 10.7. The first-order valence-electron chi connectivity index (χ1n) is 4.00. The van der Waals surface area contributed by atoms with E-state index in [0.717, 1.165) is 11.4 Å². The summed E-state index contributed by atoms with van der Waals surface area (Å²) in [5.41, 5.74) is 1.83. The fraction of sp³-hybridized carbons (Fsp3) is 0.500. The molecule has 0 spiro atoms. The minimum Gasteiger partial charge on any atom is -0.387 e. The van der Waals surface area contributed by atoms with E-state index in [-0.39, 0.29) is 5.91 Å². The number of aliphatic hydroxyl groups is 1. The lowest BCUT2D eigenvalue weighted by Gasteiger charge is -2.02. The van der Waals surface area contributed by atoms with Crippen LogP contribution in [0.3, 0.4) is 0 Å². The van der Waals surface area contributed by atoms with Crippen molar-refractivity contribution in [3.05, 3.63) is 17.5 Å². The molecular weight excluding hydrogens is 170 g/mol. The summed E-state index contributed by atoms with van der Waals surface area (Å²) in [7, 11) is 1.81. The first-order valence-corrected chi connectivity index (χ1v) is 4.00. The maximum absolute atomic E-state index is 10.7. The van der Waals surface area contributed by atoms with Crippen LogP contribution < -0.4 is 5.32 Å². The van der Waals surface area contributed by atoms with Gasteiger partial charge in [0.25, 0.3) is 0 Å². The molecule has 13 heavy (non-hydrogen) atoms. The van der Waals surface area contributed by atoms with Gasteiger partial charge >= 0.3 is 0 Å². The number of carbonyl (C=O) groups excluding carboxylic acids is 1. The molecule has 0 saturated heterocycles. The summed E-state index contributed by atoms with van der Waals surface area (Å²) in [6.07, 6.45) is 0. The summed E-state index contributed by atoms with van der Waals surface area (Å²) in [4.78, 5) is 10.7. The highest BCUT2D eigenvalue weighted by atomic mass is 16.3. The summed E-state index contributed by atoms with van der Waals surface area (Å²) >= 11 is 0. The van der Waals surface area contributed by atoms with Crippen LogP contribution in [0, 0.1) is 6.92 Å². The predicted molar refractivity (Wildman–Crippen MR) is 46.9 cm³/mol. The number of amides is 1. The third-order valence-electron chi connectivity index (χ3n) is 1.71. The van der Waals surface area contributed by atoms with Crippen LogP contribution in [0.15, 0.2) is 6.07 Å². The van der Waals surface area contributed by atoms with Crippen molar-refractivity contribution >= 4 is 5.91 Å². The van der Waals surface area contributed by atoms with E-state index >= 15 is 0 Å². The molecule has 5 nitrogen and oxygen atoms in total. The van der Waals surface area contributed by atoms with Crippen molar-refractivity contribution in [1.29, 1.82) is 0 Å². The summed E-state index contributed by atoms with van der Waals surface area (Å²) in [5.74, 6) is -0.376. The first-order chi connectivity index (χ1) is 6.13. The van der Waals surface area contributed by atoms with Gasteiger partial charge in [0.05, 0.1) is 17.9 Å². The van der Waals surface area contributed by atoms with Crippen molar-refractivity contribution in [1.82, 2.24) is 15.1 Å². The normalized spacial score (nSPS) is 10.1. The van der Waals surface area contributed by atoms with Gasteiger partial charge in [-0.2, -0.15) is 5.10 Å². The molecule has 2 N–H and O–H groups in total. The lowest BCUT2D eigenvalue weighted by Crippen LogP contribution is -2.26. The van der Waals surface area contributed by atoms with Crippen molar-refractivity contribution in [2.24, 2.45) is 7.05 Å². The average molecular weight is 183 g/mol. The molecule has 0 aliphatic rings. The van der Waals surface area contributed by atoms with Gasteiger partial charge in [-0.15, -0.1) is 0 Å². The van der Waals surface area contributed by atoms with E-state index in [4.69, 9.17) is 5.11 Å². The van der Waals surface area contributed by atoms with Gasteiger partial charge < -0.3 is 10.4 Å². The number of hydrogen-bond acceptors (Lipinski definition) is 3. The SMILES string of the molecule is Cc1cc(CNC(=O)CO)n(C)n1. The van der Waals surface area contributed by atoms with E-state index in [0.29, 0.717) is 6.54 Å². The number of nitrogens with one attached hydrogen (secondary N) is 1. The monoisotopic (exact) mass is 183 g/mol. The zero-order valence-corrected chi connectivity index (χ0v) is 7.74. The van der Waals surface area contributed by atoms with E-state index in [1.165, 1.54) is 0 Å². The van der Waals surface area contributed by atoms with Gasteiger partial charge in [0.2, 0.25) is 5.91 Å². The van der Waals surface area contributed by atoms with Crippen molar-refractivity contribution in [3.63, 3.8) is 0 Å². The molecule has 0 aliphatic carbocycles. The molecule has 1 aromatic rings. The van der Waals surface area contributed by atoms with Gasteiger partial charge in [0, 0.05) is 7.05 Å². The van der Waals surface area contributed by atoms with Gasteiger partial charge in [0.1, 0.15) is 6.61 Å². The Kier molecular flexibility index (Phi) is 3.02. The van der Waals surface area contributed by atoms with E-state index in [2.05, 4.69) is 10.4 Å². The largest absolute Gasteiger partial charge is 0.387 e. The predicted octanol–water partition coefficient (Wildman–Crippen LogP) is -0.663. The molecular formula is C8H13N3O2. The summed E-state index contributed by atoms with van der Waals surface area (Å²) < 4.78 is 1.70. The Bertz CT molecular complexity index is 306. The Morgan fingerprint density at radius 2 is 2.46 bits per heavy atom. The highest BCUT2D eigenvalue weighted by molar-refractivity contribution is 5.76. The Balaban J connectivity index is 2.54. The fourth-order valence-corrected chi connectivity index (χ4v) is 1.07. The molecule has 0 fully saturated rings. The van der Waals surface area contributed by atoms with Gasteiger partial charge in [-0.1, -0.05) is 0 Å². The van der Waals surface area contributed by atoms with Gasteiger partial charge in [-0.3, -0.25) is 9.48 Å². The van der Waals surface area contributed by atoms with Crippen molar-refractivity contribution in [2.45, 2.75) is 13.5 Å². The van der Waals surface area contributed by atoms with Crippen LogP contribution in [0.4, 0.5) is 0 Å². The zero-order valence-electron chi connectivity index (χ0n) is 7.74. The van der Waals surface area contributed by atoms with Crippen molar-refractivity contribution < 1.29 is 9.90 Å². The molecule has 72 valence electrons. The second-order valence-corrected chi connectivity index (χ2v) is 2.84. The quantitative estimate of drug-likeness (QED) is 0.653. The molecule has 0 unspecified atom stereocenters. The lowest BCUT2D eigenvalue weighted by atomic mass is 10.3. The van der Waals surface area contributed by atoms with Crippen LogP contribution in [-0.4, -0.2) is 27.4 Å². The number of aryl methyl sites for hydroxylation is 2. The smallest absolute Gasteiger partial charge is 0.246 e. The lowest BCUT2D eigenvalue weighted by molar-refractivity contribution is -0.124. The minimum absolute atomic E-state index is 0.376. The fourth-order valence-electron chi connectivity index (χ4n) is 1.07. The summed E-state index contributed by atoms with van der Waals surface area (Å²) in [6.45, 7) is 1.81. The molecule has 1 aromatic heterocycles. The van der Waals surface area contributed by atoms with E-state index in [1.54, 1.807) is 4.68 Å². The summed E-state index contributed by atoms with van der Waals surface area (Å²) in [5, 5.41) is 15.1. The van der Waals surface area contributed by atoms with Crippen LogP contribution in [0.2, 0.25) is 0 Å². The molecule has 0 aromatic carbocycles. The third kappa shape index (κ3) is 2.55. The minimum atomic E-state index is -0.475. The van der Waals surface area contributed by atoms with Crippen LogP contribution >= 0.6 is 0 Å². The van der Waals surface area contributed by atoms with Crippen molar-refractivity contribution in [3.8, 4) is 0 Å². The Labute approximate surface area is 76.4 Å². The molecule has 0 bridgehead atoms. The maximum Gasteiger partial charge on any atom is 0.246 e. The van der Waals surface area contributed by atoms with Gasteiger partial charge in [0.15, 0.2) is 0 Å². The number of rotatable bonds is 3. The van der Waals surface area contributed by atoms with E-state index in [9.17, 15) is 4.79 Å². The average Bonchev–Trinajstić information content (AvgIpc) is 2.41. The van der Waals surface area contributed by atoms with E-state index in [1.807, 2.05) is 20.0 Å². The third-order valence-corrected chi connectivity index (χ3v) is 1.71. The number of aromatic nitrogens is 2. The van der Waals surface area contributed by atoms with Crippen LogP contribution in [0.25, 0.3) is 0 Å². The first kappa shape index (κ1) is 9.73.